The third-order valence-electron chi connectivity index (χ3n) is 2.65. The van der Waals surface area contributed by atoms with Gasteiger partial charge >= 0.3 is 0 Å². The largest absolute Gasteiger partial charge is 0.237 e. The minimum Gasteiger partial charge on any atom is -0.237 e. The number of rotatable bonds is 1. The fraction of sp³-hybridized carbons (Fsp3) is 0.308. The normalized spacial score (nSPS) is 10.8. The van der Waals surface area contributed by atoms with Gasteiger partial charge in [-0.15, -0.1) is 0 Å². The van der Waals surface area contributed by atoms with Gasteiger partial charge in [-0.05, 0) is 66.9 Å². The molecule has 0 aliphatic carbocycles. The molecule has 0 aliphatic heterocycles. The van der Waals surface area contributed by atoms with Gasteiger partial charge in [0.25, 0.3) is 0 Å². The molecule has 0 unspecified atom stereocenters. The number of hydrogen-bond donors (Lipinski definition) is 0. The fourth-order valence-electron chi connectivity index (χ4n) is 1.95. The van der Waals surface area contributed by atoms with Crippen LogP contribution in [0.1, 0.15) is 22.5 Å². The van der Waals surface area contributed by atoms with Crippen molar-refractivity contribution in [2.45, 2.75) is 27.7 Å². The standard InChI is InChI=1S/C13H15BrN2/c1-8-5-9(2)7-12(6-8)16-11(4)13(14)10(3)15-16/h5-7H,1-4H3. The molecular formula is C13H15BrN2. The van der Waals surface area contributed by atoms with E-state index in [1.54, 1.807) is 0 Å². The zero-order valence-corrected chi connectivity index (χ0v) is 11.6. The highest BCUT2D eigenvalue weighted by molar-refractivity contribution is 9.10. The molecule has 0 saturated heterocycles. The zero-order chi connectivity index (χ0) is 11.9. The van der Waals surface area contributed by atoms with Gasteiger partial charge in [0.1, 0.15) is 0 Å². The average molecular weight is 279 g/mol. The lowest BCUT2D eigenvalue weighted by Crippen LogP contribution is -2.00. The molecule has 3 heteroatoms. The highest BCUT2D eigenvalue weighted by Crippen LogP contribution is 2.23. The van der Waals surface area contributed by atoms with Crippen LogP contribution in [0.3, 0.4) is 0 Å². The molecule has 1 aromatic heterocycles. The van der Waals surface area contributed by atoms with Crippen LogP contribution >= 0.6 is 15.9 Å². The lowest BCUT2D eigenvalue weighted by Gasteiger charge is -2.07. The molecular weight excluding hydrogens is 264 g/mol. The molecule has 0 fully saturated rings. The summed E-state index contributed by atoms with van der Waals surface area (Å²) in [7, 11) is 0. The van der Waals surface area contributed by atoms with Gasteiger partial charge in [0.15, 0.2) is 0 Å². The van der Waals surface area contributed by atoms with E-state index in [0.29, 0.717) is 0 Å². The van der Waals surface area contributed by atoms with Crippen LogP contribution in [0, 0.1) is 27.7 Å². The van der Waals surface area contributed by atoms with E-state index >= 15 is 0 Å². The summed E-state index contributed by atoms with van der Waals surface area (Å²) < 4.78 is 3.08. The van der Waals surface area contributed by atoms with E-state index < -0.39 is 0 Å². The molecule has 1 aromatic carbocycles. The number of hydrogen-bond acceptors (Lipinski definition) is 1. The number of aryl methyl sites for hydroxylation is 3. The molecule has 2 nitrogen and oxygen atoms in total. The zero-order valence-electron chi connectivity index (χ0n) is 10.0. The summed E-state index contributed by atoms with van der Waals surface area (Å²) in [6.07, 6.45) is 0. The van der Waals surface area contributed by atoms with Gasteiger partial charge in [0.2, 0.25) is 0 Å². The first-order valence-electron chi connectivity index (χ1n) is 5.29. The lowest BCUT2D eigenvalue weighted by molar-refractivity contribution is 0.831. The SMILES string of the molecule is Cc1cc(C)cc(-n2nc(C)c(Br)c2C)c1. The van der Waals surface area contributed by atoms with E-state index in [1.807, 2.05) is 11.6 Å². The van der Waals surface area contributed by atoms with Crippen LogP contribution in [0.15, 0.2) is 22.7 Å². The first-order valence-corrected chi connectivity index (χ1v) is 6.08. The van der Waals surface area contributed by atoms with Crippen molar-refractivity contribution in [2.75, 3.05) is 0 Å². The second-order valence-corrected chi connectivity index (χ2v) is 5.04. The Bertz CT molecular complexity index is 521. The van der Waals surface area contributed by atoms with Crippen LogP contribution in [0.2, 0.25) is 0 Å². The Morgan fingerprint density at radius 2 is 1.56 bits per heavy atom. The Morgan fingerprint density at radius 1 is 1.00 bits per heavy atom. The van der Waals surface area contributed by atoms with Crippen LogP contribution < -0.4 is 0 Å². The monoisotopic (exact) mass is 278 g/mol. The molecule has 1 heterocycles. The number of aromatic nitrogens is 2. The maximum Gasteiger partial charge on any atom is 0.0743 e. The maximum absolute atomic E-state index is 4.53. The third kappa shape index (κ3) is 1.92. The maximum atomic E-state index is 4.53. The molecule has 16 heavy (non-hydrogen) atoms. The minimum absolute atomic E-state index is 1.02. The van der Waals surface area contributed by atoms with Crippen LogP contribution in [0.5, 0.6) is 0 Å². The molecule has 0 radical (unpaired) electrons. The van der Waals surface area contributed by atoms with Crippen molar-refractivity contribution in [3.05, 3.63) is 45.2 Å². The Kier molecular flexibility index (Phi) is 2.89. The van der Waals surface area contributed by atoms with Gasteiger partial charge in [0.05, 0.1) is 21.5 Å². The average Bonchev–Trinajstić information content (AvgIpc) is 2.44. The van der Waals surface area contributed by atoms with E-state index in [4.69, 9.17) is 0 Å². The molecule has 0 N–H and O–H groups in total. The van der Waals surface area contributed by atoms with Crippen molar-refractivity contribution in [1.82, 2.24) is 9.78 Å². The van der Waals surface area contributed by atoms with E-state index in [-0.39, 0.29) is 0 Å². The van der Waals surface area contributed by atoms with Crippen LogP contribution in [0.25, 0.3) is 5.69 Å². The lowest BCUT2D eigenvalue weighted by atomic mass is 10.1. The van der Waals surface area contributed by atoms with E-state index in [0.717, 1.165) is 21.5 Å². The molecule has 2 rings (SSSR count). The summed E-state index contributed by atoms with van der Waals surface area (Å²) in [6, 6.07) is 6.47. The molecule has 0 spiro atoms. The molecule has 0 aliphatic rings. The number of nitrogens with zero attached hydrogens (tertiary/aromatic N) is 2. The molecule has 84 valence electrons. The Hall–Kier alpha value is -1.09. The highest BCUT2D eigenvalue weighted by atomic mass is 79.9. The summed E-state index contributed by atoms with van der Waals surface area (Å²) in [5.74, 6) is 0. The van der Waals surface area contributed by atoms with Crippen molar-refractivity contribution >= 4 is 15.9 Å². The van der Waals surface area contributed by atoms with Gasteiger partial charge < -0.3 is 0 Å². The van der Waals surface area contributed by atoms with E-state index in [9.17, 15) is 0 Å². The Labute approximate surface area is 104 Å². The van der Waals surface area contributed by atoms with Gasteiger partial charge in [-0.2, -0.15) is 5.10 Å². The topological polar surface area (TPSA) is 17.8 Å². The predicted octanol–water partition coefficient (Wildman–Crippen LogP) is 3.87. The predicted molar refractivity (Wildman–Crippen MR) is 70.2 cm³/mol. The molecule has 0 amide bonds. The van der Waals surface area contributed by atoms with Gasteiger partial charge in [-0.3, -0.25) is 0 Å². The van der Waals surface area contributed by atoms with Crippen LogP contribution in [0.4, 0.5) is 0 Å². The Balaban J connectivity index is 2.62. The van der Waals surface area contributed by atoms with Crippen LogP contribution in [-0.4, -0.2) is 9.78 Å². The summed E-state index contributed by atoms with van der Waals surface area (Å²) in [4.78, 5) is 0. The van der Waals surface area contributed by atoms with Crippen LogP contribution in [-0.2, 0) is 0 Å². The van der Waals surface area contributed by atoms with E-state index in [2.05, 4.69) is 60.0 Å². The van der Waals surface area contributed by atoms with Gasteiger partial charge in [-0.1, -0.05) is 6.07 Å². The first kappa shape index (κ1) is 11.4. The highest BCUT2D eigenvalue weighted by Gasteiger charge is 2.10. The summed E-state index contributed by atoms with van der Waals surface area (Å²) in [5, 5.41) is 4.53. The number of benzene rings is 1. The molecule has 0 atom stereocenters. The van der Waals surface area contributed by atoms with Crippen molar-refractivity contribution in [3.63, 3.8) is 0 Å². The number of halogens is 1. The van der Waals surface area contributed by atoms with Gasteiger partial charge in [-0.25, -0.2) is 4.68 Å². The summed E-state index contributed by atoms with van der Waals surface area (Å²) in [5.41, 5.74) is 5.82. The van der Waals surface area contributed by atoms with Crippen molar-refractivity contribution in [3.8, 4) is 5.69 Å². The Morgan fingerprint density at radius 3 is 2.00 bits per heavy atom. The molecule has 2 aromatic rings. The van der Waals surface area contributed by atoms with Crippen molar-refractivity contribution in [2.24, 2.45) is 0 Å². The van der Waals surface area contributed by atoms with E-state index in [1.165, 1.54) is 11.1 Å². The third-order valence-corrected chi connectivity index (χ3v) is 3.80. The molecule has 0 saturated carbocycles. The van der Waals surface area contributed by atoms with Crippen molar-refractivity contribution < 1.29 is 0 Å². The van der Waals surface area contributed by atoms with Gasteiger partial charge in [0, 0.05) is 0 Å². The quantitative estimate of drug-likeness (QED) is 0.774. The summed E-state index contributed by atoms with van der Waals surface area (Å²) in [6.45, 7) is 8.30. The smallest absolute Gasteiger partial charge is 0.0743 e. The minimum atomic E-state index is 1.02. The fourth-order valence-corrected chi connectivity index (χ4v) is 2.20. The van der Waals surface area contributed by atoms with Crippen molar-refractivity contribution in [1.29, 1.82) is 0 Å². The molecule has 0 bridgehead atoms. The second kappa shape index (κ2) is 4.06. The first-order chi connectivity index (χ1) is 7.49. The second-order valence-electron chi connectivity index (χ2n) is 4.24. The summed E-state index contributed by atoms with van der Waals surface area (Å²) >= 11 is 3.55.